The number of piperidine rings is 1. The number of likely N-dealkylation sites (tertiary alicyclic amines) is 1. The number of ether oxygens (including phenoxy) is 2. The lowest BCUT2D eigenvalue weighted by Gasteiger charge is -2.30. The van der Waals surface area contributed by atoms with E-state index < -0.39 is 40.6 Å². The number of methoxy groups -OCH3 is 1. The second kappa shape index (κ2) is 9.49. The molecular weight excluding hydrogens is 471 g/mol. The number of carbonyl (C=O) groups is 1. The molecule has 0 spiro atoms. The monoisotopic (exact) mass is 493 g/mol. The Bertz CT molecular complexity index is 1310. The van der Waals surface area contributed by atoms with E-state index in [9.17, 15) is 27.9 Å². The summed E-state index contributed by atoms with van der Waals surface area (Å²) in [5.41, 5.74) is -1.44. The topological polar surface area (TPSA) is 109 Å². The Morgan fingerprint density at radius 2 is 1.86 bits per heavy atom. The molecule has 186 valence electrons. The fraction of sp³-hybridized carbons (Fsp3) is 0.333. The van der Waals surface area contributed by atoms with Crippen molar-refractivity contribution in [3.05, 3.63) is 57.9 Å². The van der Waals surface area contributed by atoms with Crippen molar-refractivity contribution in [2.75, 3.05) is 20.2 Å². The van der Waals surface area contributed by atoms with E-state index in [-0.39, 0.29) is 29.0 Å². The summed E-state index contributed by atoms with van der Waals surface area (Å²) in [6, 6.07) is 8.14. The Balaban J connectivity index is 1.78. The van der Waals surface area contributed by atoms with Crippen molar-refractivity contribution in [1.82, 2.24) is 4.90 Å². The number of carboxylic acid groups (broad SMARTS) is 1. The second-order valence-corrected chi connectivity index (χ2v) is 8.20. The molecule has 11 heteroatoms. The fourth-order valence-electron chi connectivity index (χ4n) is 4.06. The molecule has 1 aliphatic heterocycles. The highest BCUT2D eigenvalue weighted by molar-refractivity contribution is 5.83. The predicted octanol–water partition coefficient (Wildman–Crippen LogP) is 4.61. The van der Waals surface area contributed by atoms with Gasteiger partial charge >= 0.3 is 12.1 Å². The molecule has 8 nitrogen and oxygen atoms in total. The number of rotatable bonds is 6. The van der Waals surface area contributed by atoms with Crippen LogP contribution < -0.4 is 14.9 Å². The first-order chi connectivity index (χ1) is 16.6. The molecule has 0 amide bonds. The molecule has 0 aliphatic carbocycles. The Morgan fingerprint density at radius 3 is 2.49 bits per heavy atom. The van der Waals surface area contributed by atoms with Crippen LogP contribution in [0.25, 0.3) is 11.0 Å². The average Bonchev–Trinajstić information content (AvgIpc) is 2.82. The van der Waals surface area contributed by atoms with Gasteiger partial charge in [0.25, 0.3) is 5.76 Å². The molecule has 2 aromatic carbocycles. The number of hydrogen-bond acceptors (Lipinski definition) is 7. The zero-order valence-electron chi connectivity index (χ0n) is 18.6. The van der Waals surface area contributed by atoms with Crippen LogP contribution in [0.4, 0.5) is 13.2 Å². The maximum atomic E-state index is 13.9. The largest absolute Gasteiger partial charge is 0.507 e. The summed E-state index contributed by atoms with van der Waals surface area (Å²) >= 11 is 0. The van der Waals surface area contributed by atoms with Crippen LogP contribution in [-0.2, 0) is 17.5 Å². The Morgan fingerprint density at radius 1 is 1.17 bits per heavy atom. The maximum Gasteiger partial charge on any atom is 0.453 e. The summed E-state index contributed by atoms with van der Waals surface area (Å²) in [5, 5.41) is 19.4. The van der Waals surface area contributed by atoms with Gasteiger partial charge in [-0.15, -0.1) is 0 Å². The number of carboxylic acids is 1. The number of phenols is 1. The van der Waals surface area contributed by atoms with Crippen molar-refractivity contribution in [1.29, 1.82) is 0 Å². The van der Waals surface area contributed by atoms with E-state index in [0.29, 0.717) is 31.7 Å². The van der Waals surface area contributed by atoms with E-state index in [4.69, 9.17) is 19.0 Å². The number of halogens is 3. The quantitative estimate of drug-likeness (QED) is 0.512. The molecule has 2 N–H and O–H groups in total. The smallest absolute Gasteiger partial charge is 0.453 e. The van der Waals surface area contributed by atoms with Crippen LogP contribution in [0.1, 0.15) is 24.2 Å². The zero-order chi connectivity index (χ0) is 25.3. The third-order valence-electron chi connectivity index (χ3n) is 5.93. The number of hydrogen-bond donors (Lipinski definition) is 2. The summed E-state index contributed by atoms with van der Waals surface area (Å²) in [6.45, 7) is 0.701. The minimum absolute atomic E-state index is 0.00630. The summed E-state index contributed by atoms with van der Waals surface area (Å²) in [5.74, 6) is -4.13. The molecule has 0 bridgehead atoms. The number of alkyl halides is 3. The zero-order valence-corrected chi connectivity index (χ0v) is 18.6. The molecule has 1 saturated heterocycles. The van der Waals surface area contributed by atoms with Crippen molar-refractivity contribution in [2.45, 2.75) is 25.6 Å². The van der Waals surface area contributed by atoms with Gasteiger partial charge in [-0.1, -0.05) is 6.07 Å². The van der Waals surface area contributed by atoms with Gasteiger partial charge in [-0.2, -0.15) is 13.2 Å². The average molecular weight is 493 g/mol. The number of fused-ring (bicyclic) bond motifs is 1. The first kappa shape index (κ1) is 24.4. The van der Waals surface area contributed by atoms with Gasteiger partial charge in [0.05, 0.1) is 24.0 Å². The molecule has 4 rings (SSSR count). The van der Waals surface area contributed by atoms with Crippen LogP contribution in [0.3, 0.4) is 0 Å². The highest BCUT2D eigenvalue weighted by Gasteiger charge is 2.41. The minimum Gasteiger partial charge on any atom is -0.507 e. The van der Waals surface area contributed by atoms with E-state index in [1.165, 1.54) is 37.4 Å². The van der Waals surface area contributed by atoms with Crippen molar-refractivity contribution < 1.29 is 42.1 Å². The predicted molar refractivity (Wildman–Crippen MR) is 118 cm³/mol. The lowest BCUT2D eigenvalue weighted by Crippen LogP contribution is -2.35. The van der Waals surface area contributed by atoms with Crippen LogP contribution in [-0.4, -0.2) is 41.3 Å². The molecule has 1 aliphatic rings. The van der Waals surface area contributed by atoms with Crippen LogP contribution in [0.15, 0.2) is 45.6 Å². The molecule has 0 unspecified atom stereocenters. The summed E-state index contributed by atoms with van der Waals surface area (Å²) in [6.07, 6.45) is -4.35. The molecule has 2 heterocycles. The van der Waals surface area contributed by atoms with Gasteiger partial charge in [0.15, 0.2) is 0 Å². The van der Waals surface area contributed by atoms with Gasteiger partial charge in [0, 0.05) is 12.6 Å². The number of nitrogens with zero attached hydrogens (tertiary/aromatic N) is 1. The van der Waals surface area contributed by atoms with Crippen molar-refractivity contribution in [3.8, 4) is 23.0 Å². The minimum atomic E-state index is -5.07. The molecule has 0 saturated carbocycles. The maximum absolute atomic E-state index is 13.9. The third kappa shape index (κ3) is 5.04. The molecule has 0 radical (unpaired) electrons. The normalized spacial score (nSPS) is 15.3. The Labute approximate surface area is 197 Å². The van der Waals surface area contributed by atoms with Crippen LogP contribution in [0.2, 0.25) is 0 Å². The molecule has 35 heavy (non-hydrogen) atoms. The highest BCUT2D eigenvalue weighted by Crippen LogP contribution is 2.40. The van der Waals surface area contributed by atoms with Crippen molar-refractivity contribution in [3.63, 3.8) is 0 Å². The van der Waals surface area contributed by atoms with E-state index >= 15 is 0 Å². The van der Waals surface area contributed by atoms with Crippen LogP contribution in [0.5, 0.6) is 23.0 Å². The lowest BCUT2D eigenvalue weighted by molar-refractivity contribution is -0.154. The third-order valence-corrected chi connectivity index (χ3v) is 5.93. The number of benzene rings is 2. The van der Waals surface area contributed by atoms with E-state index in [2.05, 4.69) is 0 Å². The van der Waals surface area contributed by atoms with Gasteiger partial charge in [-0.25, -0.2) is 0 Å². The summed E-state index contributed by atoms with van der Waals surface area (Å²) < 4.78 is 57.4. The molecule has 0 atom stereocenters. The molecular formula is C24H22F3NO7. The fourth-order valence-corrected chi connectivity index (χ4v) is 4.06. The first-order valence-corrected chi connectivity index (χ1v) is 10.7. The van der Waals surface area contributed by atoms with Gasteiger partial charge in [0.2, 0.25) is 11.2 Å². The number of aliphatic carboxylic acids is 1. The van der Waals surface area contributed by atoms with E-state index in [1.54, 1.807) is 11.0 Å². The van der Waals surface area contributed by atoms with Crippen LogP contribution in [0, 0.1) is 5.92 Å². The standard InChI is InChI=1S/C24H22F3NO7/c1-33-14-3-2-4-15(11-14)34-21-19(30)16-5-6-18(29)17(20(16)35-22(21)24(25,26)27)12-28-9-7-13(8-10-28)23(31)32/h2-6,11,13,29H,7-10,12H2,1H3,(H,31,32). The molecule has 1 aromatic heterocycles. The van der Waals surface area contributed by atoms with Gasteiger partial charge < -0.3 is 24.1 Å². The lowest BCUT2D eigenvalue weighted by atomic mass is 9.96. The summed E-state index contributed by atoms with van der Waals surface area (Å²) in [7, 11) is 1.38. The first-order valence-electron chi connectivity index (χ1n) is 10.7. The summed E-state index contributed by atoms with van der Waals surface area (Å²) in [4.78, 5) is 26.1. The molecule has 1 fully saturated rings. The van der Waals surface area contributed by atoms with Gasteiger partial charge in [-0.05, 0) is 50.2 Å². The van der Waals surface area contributed by atoms with Crippen molar-refractivity contribution >= 4 is 16.9 Å². The Hall–Kier alpha value is -3.73. The van der Waals surface area contributed by atoms with Gasteiger partial charge in [-0.3, -0.25) is 14.5 Å². The number of phenolic OH excluding ortho intramolecular Hbond substituents is 1. The van der Waals surface area contributed by atoms with E-state index in [0.717, 1.165) is 0 Å². The SMILES string of the molecule is COc1cccc(Oc2c(C(F)(F)F)oc3c(CN4CCC(C(=O)O)CC4)c(O)ccc3c2=O)c1. The molecule has 3 aromatic rings. The highest BCUT2D eigenvalue weighted by atomic mass is 19.4. The van der Waals surface area contributed by atoms with Gasteiger partial charge in [0.1, 0.15) is 22.8 Å². The van der Waals surface area contributed by atoms with Crippen molar-refractivity contribution in [2.24, 2.45) is 5.92 Å². The van der Waals surface area contributed by atoms with Crippen LogP contribution >= 0.6 is 0 Å². The Kier molecular flexibility index (Phi) is 6.62. The second-order valence-electron chi connectivity index (χ2n) is 8.20. The number of aromatic hydroxyl groups is 1. The van der Waals surface area contributed by atoms with E-state index in [1.807, 2.05) is 0 Å².